The van der Waals surface area contributed by atoms with Crippen LogP contribution in [-0.4, -0.2) is 44.9 Å². The standard InChI is InChI=1S/C23H35N3O4S/c1-21(2,3)30-20(28)26-11-9-23(10-12-26)14-16-8-7-15(19(24)27)13-17(16)18(23)25-31(29)22(4,5)6/h7-8,13,18,25H,9-12,14H2,1-6H3,(H2,24,27)/t18-,31?/m1/s1. The van der Waals surface area contributed by atoms with Crippen molar-refractivity contribution in [1.29, 1.82) is 0 Å². The van der Waals surface area contributed by atoms with E-state index in [0.717, 1.165) is 30.4 Å². The van der Waals surface area contributed by atoms with Crippen molar-refractivity contribution in [3.8, 4) is 0 Å². The van der Waals surface area contributed by atoms with Gasteiger partial charge in [0.05, 0.1) is 6.04 Å². The zero-order valence-electron chi connectivity index (χ0n) is 19.4. The number of carbonyl (C=O) groups is 2. The summed E-state index contributed by atoms with van der Waals surface area (Å²) >= 11 is -1.28. The number of likely N-dealkylation sites (tertiary alicyclic amines) is 1. The number of hydrogen-bond acceptors (Lipinski definition) is 5. The molecule has 3 N–H and O–H groups in total. The summed E-state index contributed by atoms with van der Waals surface area (Å²) in [6.07, 6.45) is 2.02. The summed E-state index contributed by atoms with van der Waals surface area (Å²) in [4.78, 5) is 26.1. The van der Waals surface area contributed by atoms with Gasteiger partial charge in [-0.25, -0.2) is 4.79 Å². The summed E-state index contributed by atoms with van der Waals surface area (Å²) in [6.45, 7) is 12.5. The molecule has 7 nitrogen and oxygen atoms in total. The Bertz CT molecular complexity index is 851. The minimum atomic E-state index is -1.28. The Morgan fingerprint density at radius 3 is 2.32 bits per heavy atom. The number of benzene rings is 1. The second-order valence-electron chi connectivity index (χ2n) is 10.7. The number of piperidine rings is 1. The van der Waals surface area contributed by atoms with Gasteiger partial charge in [-0.1, -0.05) is 6.07 Å². The number of nitrogens with two attached hydrogens (primary N) is 1. The van der Waals surface area contributed by atoms with Crippen LogP contribution in [0, 0.1) is 5.41 Å². The van der Waals surface area contributed by atoms with Gasteiger partial charge in [-0.2, -0.15) is 0 Å². The predicted molar refractivity (Wildman–Crippen MR) is 122 cm³/mol. The fourth-order valence-electron chi connectivity index (χ4n) is 4.39. The topological polar surface area (TPSA) is 108 Å². The second kappa shape index (κ2) is 8.30. The van der Waals surface area contributed by atoms with Crippen LogP contribution in [0.2, 0.25) is 0 Å². The largest absolute Gasteiger partial charge is 0.598 e. The SMILES string of the molecule is CC(C)(C)OC(=O)N1CCC2(CC1)Cc1ccc(C(N)=O)cc1[C@H]2N[S+]([O-])C(C)(C)C. The van der Waals surface area contributed by atoms with Crippen LogP contribution in [0.1, 0.15) is 81.9 Å². The number of nitrogens with one attached hydrogen (secondary N) is 1. The van der Waals surface area contributed by atoms with E-state index in [-0.39, 0.29) is 17.6 Å². The van der Waals surface area contributed by atoms with Crippen molar-refractivity contribution in [2.45, 2.75) is 77.2 Å². The Hall–Kier alpha value is -1.77. The third kappa shape index (κ3) is 5.18. The first-order valence-electron chi connectivity index (χ1n) is 10.8. The number of fused-ring (bicyclic) bond motifs is 1. The van der Waals surface area contributed by atoms with E-state index in [1.807, 2.05) is 53.7 Å². The van der Waals surface area contributed by atoms with Crippen molar-refractivity contribution < 1.29 is 18.9 Å². The van der Waals surface area contributed by atoms with Crippen LogP contribution in [0.15, 0.2) is 18.2 Å². The molecule has 0 aromatic heterocycles. The smallest absolute Gasteiger partial charge is 0.410 e. The second-order valence-corrected chi connectivity index (χ2v) is 12.7. The minimum absolute atomic E-state index is 0.178. The van der Waals surface area contributed by atoms with Crippen LogP contribution in [-0.2, 0) is 22.5 Å². The molecule has 2 atom stereocenters. The summed E-state index contributed by atoms with van der Waals surface area (Å²) in [7, 11) is 0. The maximum absolute atomic E-state index is 13.0. The molecule has 1 aliphatic carbocycles. The number of rotatable bonds is 3. The van der Waals surface area contributed by atoms with E-state index in [1.165, 1.54) is 0 Å². The molecule has 1 fully saturated rings. The lowest BCUT2D eigenvalue weighted by molar-refractivity contribution is 0.00715. The fourth-order valence-corrected chi connectivity index (χ4v) is 5.33. The third-order valence-electron chi connectivity index (χ3n) is 6.09. The van der Waals surface area contributed by atoms with E-state index in [4.69, 9.17) is 10.5 Å². The van der Waals surface area contributed by atoms with Gasteiger partial charge in [0.15, 0.2) is 0 Å². The molecule has 0 bridgehead atoms. The molecule has 1 heterocycles. The average molecular weight is 450 g/mol. The molecule has 3 rings (SSSR count). The van der Waals surface area contributed by atoms with Gasteiger partial charge in [0.25, 0.3) is 0 Å². The first-order chi connectivity index (χ1) is 14.2. The van der Waals surface area contributed by atoms with E-state index in [2.05, 4.69) is 4.72 Å². The van der Waals surface area contributed by atoms with Crippen molar-refractivity contribution in [1.82, 2.24) is 9.62 Å². The summed E-state index contributed by atoms with van der Waals surface area (Å²) in [6, 6.07) is 5.37. The Morgan fingerprint density at radius 1 is 1.19 bits per heavy atom. The molecule has 1 unspecified atom stereocenters. The molecule has 0 saturated carbocycles. The lowest BCUT2D eigenvalue weighted by atomic mass is 9.73. The van der Waals surface area contributed by atoms with Gasteiger partial charge >= 0.3 is 6.09 Å². The van der Waals surface area contributed by atoms with Gasteiger partial charge in [0.1, 0.15) is 10.3 Å². The van der Waals surface area contributed by atoms with Crippen molar-refractivity contribution in [3.05, 3.63) is 34.9 Å². The molecule has 1 aromatic carbocycles. The highest BCUT2D eigenvalue weighted by Crippen LogP contribution is 2.53. The van der Waals surface area contributed by atoms with Gasteiger partial charge in [0, 0.05) is 35.4 Å². The number of primary amides is 1. The van der Waals surface area contributed by atoms with E-state index in [9.17, 15) is 14.1 Å². The van der Waals surface area contributed by atoms with Crippen molar-refractivity contribution in [3.63, 3.8) is 0 Å². The van der Waals surface area contributed by atoms with Crippen LogP contribution in [0.4, 0.5) is 4.79 Å². The molecule has 2 aliphatic rings. The van der Waals surface area contributed by atoms with E-state index in [0.29, 0.717) is 18.7 Å². The van der Waals surface area contributed by atoms with Gasteiger partial charge in [-0.3, -0.25) is 4.79 Å². The lowest BCUT2D eigenvalue weighted by Gasteiger charge is -2.43. The molecule has 1 saturated heterocycles. The molecule has 0 radical (unpaired) electrons. The zero-order chi connectivity index (χ0) is 23.2. The molecule has 8 heteroatoms. The molecule has 31 heavy (non-hydrogen) atoms. The van der Waals surface area contributed by atoms with Crippen molar-refractivity contribution in [2.24, 2.45) is 11.1 Å². The Morgan fingerprint density at radius 2 is 1.81 bits per heavy atom. The highest BCUT2D eigenvalue weighted by molar-refractivity contribution is 7.90. The van der Waals surface area contributed by atoms with Crippen molar-refractivity contribution >= 4 is 23.4 Å². The van der Waals surface area contributed by atoms with Gasteiger partial charge < -0.3 is 19.9 Å². The third-order valence-corrected chi connectivity index (χ3v) is 7.65. The summed E-state index contributed by atoms with van der Waals surface area (Å²) in [5.74, 6) is -0.473. The number of amides is 2. The van der Waals surface area contributed by atoms with Crippen molar-refractivity contribution in [2.75, 3.05) is 13.1 Å². The quantitative estimate of drug-likeness (QED) is 0.687. The van der Waals surface area contributed by atoms with Gasteiger partial charge in [0.2, 0.25) is 5.91 Å². The number of ether oxygens (including phenoxy) is 1. The predicted octanol–water partition coefficient (Wildman–Crippen LogP) is 3.45. The maximum Gasteiger partial charge on any atom is 0.410 e. The number of carbonyl (C=O) groups excluding carboxylic acids is 2. The number of nitrogens with zero attached hydrogens (tertiary/aromatic N) is 1. The fraction of sp³-hybridized carbons (Fsp3) is 0.652. The van der Waals surface area contributed by atoms with Crippen LogP contribution < -0.4 is 10.5 Å². The molecule has 1 aromatic rings. The molecular weight excluding hydrogens is 414 g/mol. The molecule has 2 amide bonds. The first kappa shape index (κ1) is 23.9. The monoisotopic (exact) mass is 449 g/mol. The Balaban J connectivity index is 1.87. The number of hydrogen-bond donors (Lipinski definition) is 2. The van der Waals surface area contributed by atoms with Crippen LogP contribution in [0.3, 0.4) is 0 Å². The lowest BCUT2D eigenvalue weighted by Crippen LogP contribution is -2.51. The Kier molecular flexibility index (Phi) is 6.39. The first-order valence-corrected chi connectivity index (χ1v) is 12.0. The normalized spacial score (nSPS) is 21.6. The highest BCUT2D eigenvalue weighted by Gasteiger charge is 2.51. The van der Waals surface area contributed by atoms with Gasteiger partial charge in [-0.15, -0.1) is 4.72 Å². The molecule has 1 aliphatic heterocycles. The summed E-state index contributed by atoms with van der Waals surface area (Å²) < 4.78 is 21.5. The van der Waals surface area contributed by atoms with E-state index >= 15 is 0 Å². The maximum atomic E-state index is 13.0. The van der Waals surface area contributed by atoms with Crippen LogP contribution in [0.25, 0.3) is 0 Å². The highest BCUT2D eigenvalue weighted by atomic mass is 32.2. The Labute approximate surface area is 188 Å². The molecular formula is C23H35N3O4S. The average Bonchev–Trinajstić information content (AvgIpc) is 2.92. The van der Waals surface area contributed by atoms with Gasteiger partial charge in [-0.05, 0) is 84.1 Å². The minimum Gasteiger partial charge on any atom is -0.598 e. The molecule has 172 valence electrons. The van der Waals surface area contributed by atoms with Crippen LogP contribution in [0.5, 0.6) is 0 Å². The van der Waals surface area contributed by atoms with E-state index < -0.39 is 27.6 Å². The zero-order valence-corrected chi connectivity index (χ0v) is 20.2. The summed E-state index contributed by atoms with van der Waals surface area (Å²) in [5, 5.41) is 0. The van der Waals surface area contributed by atoms with Crippen LogP contribution >= 0.6 is 0 Å². The molecule has 1 spiro atoms. The summed E-state index contributed by atoms with van der Waals surface area (Å²) in [5.41, 5.74) is 7.38. The van der Waals surface area contributed by atoms with E-state index in [1.54, 1.807) is 11.0 Å².